The predicted octanol–water partition coefficient (Wildman–Crippen LogP) is 1.84. The standard InChI is InChI=1S/C12H23N3/c1-10(11(2)9-13-3)5-6-12-14-7-8-15(12)4/h7-8,10-11,13H,5-6,9H2,1-4H3. The molecule has 0 aromatic carbocycles. The number of nitrogens with zero attached hydrogens (tertiary/aromatic N) is 2. The molecular weight excluding hydrogens is 186 g/mol. The Bertz CT molecular complexity index is 280. The van der Waals surface area contributed by atoms with Crippen LogP contribution in [0.4, 0.5) is 0 Å². The fourth-order valence-corrected chi connectivity index (χ4v) is 1.80. The van der Waals surface area contributed by atoms with Gasteiger partial charge in [0.25, 0.3) is 0 Å². The van der Waals surface area contributed by atoms with Crippen LogP contribution < -0.4 is 5.32 Å². The first-order chi connectivity index (χ1) is 7.15. The summed E-state index contributed by atoms with van der Waals surface area (Å²) < 4.78 is 2.11. The number of nitrogens with one attached hydrogen (secondary N) is 1. The Morgan fingerprint density at radius 1 is 1.40 bits per heavy atom. The van der Waals surface area contributed by atoms with Crippen LogP contribution in [-0.4, -0.2) is 23.1 Å². The van der Waals surface area contributed by atoms with Gasteiger partial charge >= 0.3 is 0 Å². The van der Waals surface area contributed by atoms with Crippen molar-refractivity contribution in [2.75, 3.05) is 13.6 Å². The molecule has 0 saturated carbocycles. The lowest BCUT2D eigenvalue weighted by atomic mass is 9.91. The van der Waals surface area contributed by atoms with Crippen molar-refractivity contribution < 1.29 is 0 Å². The lowest BCUT2D eigenvalue weighted by Gasteiger charge is -2.19. The van der Waals surface area contributed by atoms with Gasteiger partial charge in [-0.25, -0.2) is 4.98 Å². The van der Waals surface area contributed by atoms with Gasteiger partial charge in [-0.2, -0.15) is 0 Å². The maximum Gasteiger partial charge on any atom is 0.108 e. The summed E-state index contributed by atoms with van der Waals surface area (Å²) in [5, 5.41) is 3.23. The zero-order valence-electron chi connectivity index (χ0n) is 10.3. The lowest BCUT2D eigenvalue weighted by Crippen LogP contribution is -2.22. The van der Waals surface area contributed by atoms with Crippen molar-refractivity contribution in [3.8, 4) is 0 Å². The molecule has 0 aliphatic carbocycles. The summed E-state index contributed by atoms with van der Waals surface area (Å²) in [7, 11) is 4.08. The third-order valence-corrected chi connectivity index (χ3v) is 3.24. The monoisotopic (exact) mass is 209 g/mol. The number of aryl methyl sites for hydroxylation is 2. The number of hydrogen-bond acceptors (Lipinski definition) is 2. The number of aromatic nitrogens is 2. The van der Waals surface area contributed by atoms with Crippen LogP contribution in [-0.2, 0) is 13.5 Å². The highest BCUT2D eigenvalue weighted by molar-refractivity contribution is 4.91. The minimum absolute atomic E-state index is 0.732. The second kappa shape index (κ2) is 5.91. The Morgan fingerprint density at radius 2 is 2.13 bits per heavy atom. The van der Waals surface area contributed by atoms with E-state index < -0.39 is 0 Å². The molecule has 0 bridgehead atoms. The predicted molar refractivity (Wildman–Crippen MR) is 63.8 cm³/mol. The molecule has 0 spiro atoms. The number of rotatable bonds is 6. The molecule has 1 heterocycles. The van der Waals surface area contributed by atoms with Gasteiger partial charge in [-0.1, -0.05) is 13.8 Å². The zero-order valence-corrected chi connectivity index (χ0v) is 10.3. The summed E-state index contributed by atoms with van der Waals surface area (Å²) in [6, 6.07) is 0. The molecule has 3 heteroatoms. The third kappa shape index (κ3) is 3.67. The molecule has 1 rings (SSSR count). The van der Waals surface area contributed by atoms with E-state index in [1.54, 1.807) is 0 Å². The normalized spacial score (nSPS) is 15.2. The summed E-state index contributed by atoms with van der Waals surface area (Å²) in [6.07, 6.45) is 6.18. The Kier molecular flexibility index (Phi) is 4.82. The molecule has 0 aliphatic rings. The van der Waals surface area contributed by atoms with Gasteiger partial charge in [-0.15, -0.1) is 0 Å². The van der Waals surface area contributed by atoms with Crippen molar-refractivity contribution in [3.05, 3.63) is 18.2 Å². The van der Waals surface area contributed by atoms with Crippen molar-refractivity contribution in [3.63, 3.8) is 0 Å². The van der Waals surface area contributed by atoms with Crippen LogP contribution in [0, 0.1) is 11.8 Å². The van der Waals surface area contributed by atoms with Crippen LogP contribution in [0.25, 0.3) is 0 Å². The van der Waals surface area contributed by atoms with E-state index in [0.717, 1.165) is 24.8 Å². The van der Waals surface area contributed by atoms with Crippen LogP contribution >= 0.6 is 0 Å². The van der Waals surface area contributed by atoms with Gasteiger partial charge in [0, 0.05) is 25.9 Å². The largest absolute Gasteiger partial charge is 0.338 e. The molecule has 0 saturated heterocycles. The van der Waals surface area contributed by atoms with E-state index in [4.69, 9.17) is 0 Å². The van der Waals surface area contributed by atoms with Gasteiger partial charge in [0.1, 0.15) is 5.82 Å². The van der Waals surface area contributed by atoms with E-state index in [2.05, 4.69) is 35.8 Å². The van der Waals surface area contributed by atoms with Crippen molar-refractivity contribution in [1.82, 2.24) is 14.9 Å². The second-order valence-corrected chi connectivity index (χ2v) is 4.51. The van der Waals surface area contributed by atoms with E-state index in [1.807, 2.05) is 19.4 Å². The first-order valence-corrected chi connectivity index (χ1v) is 5.76. The molecule has 0 aliphatic heterocycles. The molecule has 86 valence electrons. The molecule has 1 N–H and O–H groups in total. The van der Waals surface area contributed by atoms with Crippen LogP contribution in [0.15, 0.2) is 12.4 Å². The van der Waals surface area contributed by atoms with Gasteiger partial charge in [0.2, 0.25) is 0 Å². The van der Waals surface area contributed by atoms with Crippen LogP contribution in [0.3, 0.4) is 0 Å². The van der Waals surface area contributed by atoms with E-state index in [0.29, 0.717) is 0 Å². The molecule has 1 aromatic rings. The van der Waals surface area contributed by atoms with Crippen molar-refractivity contribution in [2.45, 2.75) is 26.7 Å². The average molecular weight is 209 g/mol. The molecule has 0 amide bonds. The Hall–Kier alpha value is -0.830. The van der Waals surface area contributed by atoms with Gasteiger partial charge in [-0.3, -0.25) is 0 Å². The summed E-state index contributed by atoms with van der Waals surface area (Å²) >= 11 is 0. The highest BCUT2D eigenvalue weighted by atomic mass is 15.0. The van der Waals surface area contributed by atoms with Crippen molar-refractivity contribution in [1.29, 1.82) is 0 Å². The Morgan fingerprint density at radius 3 is 2.67 bits per heavy atom. The summed E-state index contributed by atoms with van der Waals surface area (Å²) in [6.45, 7) is 5.73. The van der Waals surface area contributed by atoms with Gasteiger partial charge in [-0.05, 0) is 31.8 Å². The van der Waals surface area contributed by atoms with Gasteiger partial charge in [0.15, 0.2) is 0 Å². The van der Waals surface area contributed by atoms with Crippen molar-refractivity contribution >= 4 is 0 Å². The molecule has 0 fully saturated rings. The van der Waals surface area contributed by atoms with E-state index in [9.17, 15) is 0 Å². The number of imidazole rings is 1. The highest BCUT2D eigenvalue weighted by Crippen LogP contribution is 2.16. The van der Waals surface area contributed by atoms with Crippen LogP contribution in [0.5, 0.6) is 0 Å². The molecule has 3 nitrogen and oxygen atoms in total. The maximum absolute atomic E-state index is 4.34. The van der Waals surface area contributed by atoms with E-state index >= 15 is 0 Å². The first-order valence-electron chi connectivity index (χ1n) is 5.76. The highest BCUT2D eigenvalue weighted by Gasteiger charge is 2.12. The minimum Gasteiger partial charge on any atom is -0.338 e. The van der Waals surface area contributed by atoms with Crippen LogP contribution in [0.1, 0.15) is 26.1 Å². The minimum atomic E-state index is 0.732. The van der Waals surface area contributed by atoms with Gasteiger partial charge < -0.3 is 9.88 Å². The van der Waals surface area contributed by atoms with Crippen LogP contribution in [0.2, 0.25) is 0 Å². The summed E-state index contributed by atoms with van der Waals surface area (Å²) in [5.41, 5.74) is 0. The Labute approximate surface area is 92.9 Å². The lowest BCUT2D eigenvalue weighted by molar-refractivity contribution is 0.352. The van der Waals surface area contributed by atoms with E-state index in [1.165, 1.54) is 12.2 Å². The molecule has 1 aromatic heterocycles. The zero-order chi connectivity index (χ0) is 11.3. The molecule has 15 heavy (non-hydrogen) atoms. The average Bonchev–Trinajstić information content (AvgIpc) is 2.61. The third-order valence-electron chi connectivity index (χ3n) is 3.24. The molecule has 2 atom stereocenters. The summed E-state index contributed by atoms with van der Waals surface area (Å²) in [5.74, 6) is 2.67. The van der Waals surface area contributed by atoms with Gasteiger partial charge in [0.05, 0.1) is 0 Å². The smallest absolute Gasteiger partial charge is 0.108 e. The molecular formula is C12H23N3. The van der Waals surface area contributed by atoms with E-state index in [-0.39, 0.29) is 0 Å². The topological polar surface area (TPSA) is 29.9 Å². The first kappa shape index (κ1) is 12.2. The Balaban J connectivity index is 2.34. The number of hydrogen-bond donors (Lipinski definition) is 1. The fraction of sp³-hybridized carbons (Fsp3) is 0.750. The SMILES string of the molecule is CNCC(C)C(C)CCc1nccn1C. The quantitative estimate of drug-likeness (QED) is 0.775. The molecule has 0 radical (unpaired) electrons. The fourth-order valence-electron chi connectivity index (χ4n) is 1.80. The maximum atomic E-state index is 4.34. The van der Waals surface area contributed by atoms with Crippen molar-refractivity contribution in [2.24, 2.45) is 18.9 Å². The second-order valence-electron chi connectivity index (χ2n) is 4.51. The molecule has 2 unspecified atom stereocenters. The summed E-state index contributed by atoms with van der Waals surface area (Å²) in [4.78, 5) is 4.34.